The summed E-state index contributed by atoms with van der Waals surface area (Å²) in [6.45, 7) is 0. The molecule has 0 radical (unpaired) electrons. The number of hydrogen-bond donors (Lipinski definition) is 1. The van der Waals surface area contributed by atoms with Gasteiger partial charge in [0.2, 0.25) is 11.9 Å². The molecule has 1 amide bonds. The summed E-state index contributed by atoms with van der Waals surface area (Å²) in [6, 6.07) is 4.16. The summed E-state index contributed by atoms with van der Waals surface area (Å²) in [6.07, 6.45) is 1.46. The molecule has 9 nitrogen and oxygen atoms in total. The van der Waals surface area contributed by atoms with Gasteiger partial charge >= 0.3 is 5.69 Å². The van der Waals surface area contributed by atoms with E-state index >= 15 is 0 Å². The maximum absolute atomic E-state index is 11.7. The number of rotatable bonds is 3. The van der Waals surface area contributed by atoms with E-state index in [0.29, 0.717) is 11.5 Å². The Hall–Kier alpha value is -2.97. The number of fused-ring (bicyclic) bond motifs is 1. The third-order valence-electron chi connectivity index (χ3n) is 3.28. The smallest absolute Gasteiger partial charge is 0.311 e. The molecule has 1 aliphatic rings. The summed E-state index contributed by atoms with van der Waals surface area (Å²) in [5.74, 6) is 0.288. The highest BCUT2D eigenvalue weighted by atomic mass is 16.6. The van der Waals surface area contributed by atoms with Gasteiger partial charge in [0.25, 0.3) is 0 Å². The minimum Gasteiger partial charge on any atom is -0.490 e. The summed E-state index contributed by atoms with van der Waals surface area (Å²) in [5, 5.41) is 17.7. The maximum Gasteiger partial charge on any atom is 0.311 e. The summed E-state index contributed by atoms with van der Waals surface area (Å²) in [4.78, 5) is 26.2. The molecule has 0 spiro atoms. The van der Waals surface area contributed by atoms with Crippen LogP contribution < -0.4 is 10.1 Å². The second-order valence-corrected chi connectivity index (χ2v) is 4.48. The van der Waals surface area contributed by atoms with E-state index in [2.05, 4.69) is 15.4 Å². The first-order valence-electron chi connectivity index (χ1n) is 6.12. The third kappa shape index (κ3) is 2.18. The van der Waals surface area contributed by atoms with Gasteiger partial charge in [0.1, 0.15) is 6.33 Å². The molecule has 2 heterocycles. The molecule has 0 fully saturated rings. The number of anilines is 1. The Kier molecular flexibility index (Phi) is 3.01. The first-order valence-corrected chi connectivity index (χ1v) is 6.12. The van der Waals surface area contributed by atoms with Crippen LogP contribution in [0.5, 0.6) is 5.75 Å². The molecule has 108 valence electrons. The predicted octanol–water partition coefficient (Wildman–Crippen LogP) is 1.13. The molecule has 0 unspecified atom stereocenters. The van der Waals surface area contributed by atoms with Crippen molar-refractivity contribution in [3.8, 4) is 5.75 Å². The van der Waals surface area contributed by atoms with Gasteiger partial charge in [0, 0.05) is 6.07 Å². The maximum atomic E-state index is 11.7. The molecular weight excluding hydrogens is 278 g/mol. The zero-order valence-electron chi connectivity index (χ0n) is 11.0. The van der Waals surface area contributed by atoms with Crippen LogP contribution in [-0.2, 0) is 4.79 Å². The number of nitro benzene ring substituents is 1. The molecule has 1 aliphatic heterocycles. The van der Waals surface area contributed by atoms with Crippen LogP contribution in [-0.4, -0.2) is 32.7 Å². The van der Waals surface area contributed by atoms with Crippen LogP contribution in [0.15, 0.2) is 24.5 Å². The molecule has 0 saturated heterocycles. The highest BCUT2D eigenvalue weighted by molar-refractivity contribution is 5.91. The number of carbonyl (C=O) groups is 1. The van der Waals surface area contributed by atoms with Gasteiger partial charge in [-0.3, -0.25) is 20.2 Å². The molecule has 21 heavy (non-hydrogen) atoms. The lowest BCUT2D eigenvalue weighted by molar-refractivity contribution is -0.385. The molecule has 9 heteroatoms. The first kappa shape index (κ1) is 13.0. The Balaban J connectivity index is 2.08. The van der Waals surface area contributed by atoms with Gasteiger partial charge in [-0.1, -0.05) is 6.07 Å². The van der Waals surface area contributed by atoms with E-state index in [9.17, 15) is 14.9 Å². The molecule has 1 aromatic heterocycles. The van der Waals surface area contributed by atoms with E-state index in [1.807, 2.05) is 0 Å². The number of nitrogens with one attached hydrogen (secondary N) is 1. The topological polar surface area (TPSA) is 112 Å². The molecule has 0 bridgehead atoms. The second kappa shape index (κ2) is 4.85. The Morgan fingerprint density at radius 3 is 3.05 bits per heavy atom. The zero-order valence-corrected chi connectivity index (χ0v) is 11.0. The molecular formula is C12H11N5O4. The SMILES string of the molecule is COc1ccc([C@@H]2CC(=O)Nc3ncnn32)cc1[N+](=O)[O-]. The van der Waals surface area contributed by atoms with Crippen molar-refractivity contribution in [2.24, 2.45) is 0 Å². The second-order valence-electron chi connectivity index (χ2n) is 4.48. The van der Waals surface area contributed by atoms with E-state index in [1.165, 1.54) is 30.3 Å². The molecule has 3 rings (SSSR count). The van der Waals surface area contributed by atoms with E-state index in [0.717, 1.165) is 0 Å². The lowest BCUT2D eigenvalue weighted by Gasteiger charge is -2.23. The van der Waals surface area contributed by atoms with Crippen molar-refractivity contribution in [1.82, 2.24) is 14.8 Å². The van der Waals surface area contributed by atoms with Crippen LogP contribution >= 0.6 is 0 Å². The van der Waals surface area contributed by atoms with Crippen LogP contribution in [0, 0.1) is 10.1 Å². The largest absolute Gasteiger partial charge is 0.490 e. The minimum absolute atomic E-state index is 0.139. The van der Waals surface area contributed by atoms with E-state index in [1.54, 1.807) is 6.07 Å². The van der Waals surface area contributed by atoms with Crippen molar-refractivity contribution < 1.29 is 14.5 Å². The molecule has 1 atom stereocenters. The highest BCUT2D eigenvalue weighted by Crippen LogP contribution is 2.34. The number of ether oxygens (including phenoxy) is 1. The van der Waals surface area contributed by atoms with Crippen molar-refractivity contribution in [3.05, 3.63) is 40.2 Å². The average Bonchev–Trinajstić information content (AvgIpc) is 2.93. The van der Waals surface area contributed by atoms with E-state index in [-0.39, 0.29) is 23.8 Å². The monoisotopic (exact) mass is 289 g/mol. The van der Waals surface area contributed by atoms with Crippen LogP contribution in [0.3, 0.4) is 0 Å². The van der Waals surface area contributed by atoms with Crippen molar-refractivity contribution in [2.45, 2.75) is 12.5 Å². The fraction of sp³-hybridized carbons (Fsp3) is 0.250. The Labute approximate surface area is 118 Å². The Morgan fingerprint density at radius 1 is 1.52 bits per heavy atom. The number of benzene rings is 1. The number of aromatic nitrogens is 3. The van der Waals surface area contributed by atoms with Crippen molar-refractivity contribution >= 4 is 17.5 Å². The van der Waals surface area contributed by atoms with Gasteiger partial charge in [-0.25, -0.2) is 4.68 Å². The Bertz CT molecular complexity index is 726. The highest BCUT2D eigenvalue weighted by Gasteiger charge is 2.29. The number of carbonyl (C=O) groups excluding carboxylic acids is 1. The summed E-state index contributed by atoms with van der Waals surface area (Å²) >= 11 is 0. The number of nitro groups is 1. The molecule has 1 N–H and O–H groups in total. The van der Waals surface area contributed by atoms with E-state index < -0.39 is 11.0 Å². The van der Waals surface area contributed by atoms with Gasteiger partial charge in [-0.05, 0) is 11.6 Å². The van der Waals surface area contributed by atoms with Crippen molar-refractivity contribution in [3.63, 3.8) is 0 Å². The van der Waals surface area contributed by atoms with Gasteiger partial charge in [0.15, 0.2) is 5.75 Å². The predicted molar refractivity (Wildman–Crippen MR) is 71.1 cm³/mol. The summed E-state index contributed by atoms with van der Waals surface area (Å²) < 4.78 is 6.50. The van der Waals surface area contributed by atoms with Gasteiger partial charge < -0.3 is 4.74 Å². The van der Waals surface area contributed by atoms with Crippen molar-refractivity contribution in [1.29, 1.82) is 0 Å². The lowest BCUT2D eigenvalue weighted by atomic mass is 10.0. The van der Waals surface area contributed by atoms with Gasteiger partial charge in [-0.2, -0.15) is 10.1 Å². The zero-order chi connectivity index (χ0) is 15.0. The molecule has 0 aliphatic carbocycles. The van der Waals surface area contributed by atoms with E-state index in [4.69, 9.17) is 4.74 Å². The van der Waals surface area contributed by atoms with Gasteiger partial charge in [-0.15, -0.1) is 0 Å². The minimum atomic E-state index is -0.520. The van der Waals surface area contributed by atoms with Crippen LogP contribution in [0.4, 0.5) is 11.6 Å². The molecule has 0 saturated carbocycles. The molecule has 1 aromatic carbocycles. The summed E-state index contributed by atoms with van der Waals surface area (Å²) in [7, 11) is 1.37. The first-order chi connectivity index (χ1) is 10.1. The number of nitrogens with zero attached hydrogens (tertiary/aromatic N) is 4. The lowest BCUT2D eigenvalue weighted by Crippen LogP contribution is -2.29. The van der Waals surface area contributed by atoms with Gasteiger partial charge in [0.05, 0.1) is 24.5 Å². The quantitative estimate of drug-likeness (QED) is 0.669. The van der Waals surface area contributed by atoms with Crippen LogP contribution in [0.2, 0.25) is 0 Å². The van der Waals surface area contributed by atoms with Crippen LogP contribution in [0.25, 0.3) is 0 Å². The fourth-order valence-electron chi connectivity index (χ4n) is 2.32. The Morgan fingerprint density at radius 2 is 2.33 bits per heavy atom. The standard InChI is InChI=1S/C12H11N5O4/c1-21-10-3-2-7(4-9(10)17(19)20)8-5-11(18)15-12-13-6-14-16(8)12/h2-4,6,8H,5H2,1H3,(H,13,14,15,18)/t8-/m0/s1. The van der Waals surface area contributed by atoms with Crippen LogP contribution in [0.1, 0.15) is 18.0 Å². The summed E-state index contributed by atoms with van der Waals surface area (Å²) in [5.41, 5.74) is 0.451. The number of methoxy groups -OCH3 is 1. The van der Waals surface area contributed by atoms with Crippen molar-refractivity contribution in [2.75, 3.05) is 12.4 Å². The average molecular weight is 289 g/mol. The number of hydrogen-bond acceptors (Lipinski definition) is 6. The third-order valence-corrected chi connectivity index (χ3v) is 3.28. The number of amides is 1. The molecule has 2 aromatic rings. The fourth-order valence-corrected chi connectivity index (χ4v) is 2.32. The normalized spacial score (nSPS) is 17.0.